The van der Waals surface area contributed by atoms with Crippen LogP contribution in [0.15, 0.2) is 109 Å². The molecule has 2 unspecified atom stereocenters. The van der Waals surface area contributed by atoms with Crippen LogP contribution in [0, 0.1) is 17.8 Å². The van der Waals surface area contributed by atoms with Crippen molar-refractivity contribution >= 4 is 68.6 Å². The molecule has 2 atom stereocenters. The molecular weight excluding hydrogens is 882 g/mol. The molecule has 0 spiro atoms. The lowest BCUT2D eigenvalue weighted by Gasteiger charge is -2.65. The van der Waals surface area contributed by atoms with Gasteiger partial charge in [0, 0.05) is 50.9 Å². The van der Waals surface area contributed by atoms with Gasteiger partial charge in [0.25, 0.3) is 6.71 Å². The molecule has 0 saturated heterocycles. The molecule has 3 aliphatic heterocycles. The van der Waals surface area contributed by atoms with Crippen LogP contribution >= 0.6 is 0 Å². The first-order chi connectivity index (χ1) is 33.5. The van der Waals surface area contributed by atoms with E-state index < -0.39 is 0 Å². The van der Waals surface area contributed by atoms with Gasteiger partial charge in [-0.1, -0.05) is 193 Å². The van der Waals surface area contributed by atoms with E-state index in [0.29, 0.717) is 0 Å². The van der Waals surface area contributed by atoms with Crippen LogP contribution < -0.4 is 31.1 Å². The Morgan fingerprint density at radius 1 is 0.384 bits per heavy atom. The summed E-state index contributed by atoms with van der Waals surface area (Å²) in [6, 6.07) is 44.5. The fraction of sp³-hybridized carbons (Fsp3) is 0.478. The van der Waals surface area contributed by atoms with Gasteiger partial charge in [-0.05, 0) is 175 Å². The van der Waals surface area contributed by atoms with Gasteiger partial charge in [-0.15, -0.1) is 0 Å². The third-order valence-electron chi connectivity index (χ3n) is 19.4. The SMILES string of the molecule is Cc1cc(C(C)(C)C)ccc1N1c2ccc(C(C)(C)C)cc2B2c3ccc(N4c5ccc(C(C)(C)C)cc5C5(C)C(C)(C)CCC(C)(C)C45C)cc3N(c3ccc(C(C)(C)C)cc3)c3cc(C(C)(C)C)cc1c32. The first-order valence-corrected chi connectivity index (χ1v) is 27.8. The van der Waals surface area contributed by atoms with Crippen LogP contribution in [-0.4, -0.2) is 12.3 Å². The largest absolute Gasteiger partial charge is 0.334 e. The van der Waals surface area contributed by atoms with Gasteiger partial charge in [0.15, 0.2) is 0 Å². The highest BCUT2D eigenvalue weighted by Crippen LogP contribution is 2.71. The van der Waals surface area contributed by atoms with Crippen molar-refractivity contribution in [1.29, 1.82) is 0 Å². The van der Waals surface area contributed by atoms with Crippen molar-refractivity contribution in [2.45, 2.75) is 203 Å². The average Bonchev–Trinajstić information content (AvgIpc) is 3.51. The van der Waals surface area contributed by atoms with Crippen molar-refractivity contribution in [3.8, 4) is 0 Å². The number of aryl methyl sites for hydroxylation is 1. The minimum atomic E-state index is -0.243. The Labute approximate surface area is 443 Å². The van der Waals surface area contributed by atoms with Crippen molar-refractivity contribution in [3.63, 3.8) is 0 Å². The minimum absolute atomic E-state index is 0.00184. The maximum absolute atomic E-state index is 2.83. The molecule has 1 fully saturated rings. The number of nitrogens with zero attached hydrogens (tertiary/aromatic N) is 3. The van der Waals surface area contributed by atoms with E-state index in [1.165, 1.54) is 107 Å². The molecule has 1 saturated carbocycles. The Bertz CT molecular complexity index is 3200. The predicted octanol–water partition coefficient (Wildman–Crippen LogP) is 17.6. The van der Waals surface area contributed by atoms with E-state index in [4.69, 9.17) is 0 Å². The number of hydrogen-bond acceptors (Lipinski definition) is 3. The molecule has 0 bridgehead atoms. The Balaban J connectivity index is 1.32. The molecular formula is C69H88BN3. The third-order valence-corrected chi connectivity index (χ3v) is 19.4. The average molecular weight is 970 g/mol. The number of fused-ring (bicyclic) bond motifs is 7. The van der Waals surface area contributed by atoms with Crippen LogP contribution in [-0.2, 0) is 32.5 Å². The van der Waals surface area contributed by atoms with Crippen LogP contribution in [0.25, 0.3) is 0 Å². The van der Waals surface area contributed by atoms with Gasteiger partial charge in [0.2, 0.25) is 0 Å². The van der Waals surface area contributed by atoms with E-state index in [1.54, 1.807) is 0 Å². The van der Waals surface area contributed by atoms with Crippen molar-refractivity contribution in [2.24, 2.45) is 10.8 Å². The summed E-state index contributed by atoms with van der Waals surface area (Å²) in [6.45, 7) is 53.1. The van der Waals surface area contributed by atoms with Gasteiger partial charge in [0.05, 0.1) is 5.54 Å². The van der Waals surface area contributed by atoms with Gasteiger partial charge in [-0.3, -0.25) is 0 Å². The zero-order valence-electron chi connectivity index (χ0n) is 49.2. The molecule has 1 aliphatic carbocycles. The summed E-state index contributed by atoms with van der Waals surface area (Å²) in [5, 5.41) is 0. The van der Waals surface area contributed by atoms with Crippen LogP contribution in [0.2, 0.25) is 0 Å². The Hall–Kier alpha value is -5.22. The maximum atomic E-state index is 2.83. The summed E-state index contributed by atoms with van der Waals surface area (Å²) in [7, 11) is 0. The normalized spacial score (nSPS) is 21.1. The van der Waals surface area contributed by atoms with Gasteiger partial charge >= 0.3 is 0 Å². The van der Waals surface area contributed by atoms with Crippen molar-refractivity contribution in [2.75, 3.05) is 14.7 Å². The Morgan fingerprint density at radius 2 is 0.849 bits per heavy atom. The number of anilines is 8. The van der Waals surface area contributed by atoms with Crippen LogP contribution in [0.3, 0.4) is 0 Å². The van der Waals surface area contributed by atoms with Gasteiger partial charge in [0.1, 0.15) is 0 Å². The molecule has 3 heterocycles. The van der Waals surface area contributed by atoms with Crippen molar-refractivity contribution in [1.82, 2.24) is 0 Å². The molecule has 0 N–H and O–H groups in total. The summed E-state index contributed by atoms with van der Waals surface area (Å²) in [6.07, 6.45) is 2.35. The highest BCUT2D eigenvalue weighted by molar-refractivity contribution is 7.00. The minimum Gasteiger partial charge on any atom is -0.334 e. The molecule has 0 aromatic heterocycles. The maximum Gasteiger partial charge on any atom is 0.252 e. The van der Waals surface area contributed by atoms with Crippen molar-refractivity contribution < 1.29 is 0 Å². The second-order valence-electron chi connectivity index (χ2n) is 29.9. The first-order valence-electron chi connectivity index (χ1n) is 27.8. The molecule has 4 heteroatoms. The topological polar surface area (TPSA) is 9.72 Å². The summed E-state index contributed by atoms with van der Waals surface area (Å²) < 4.78 is 0. The van der Waals surface area contributed by atoms with Crippen LogP contribution in [0.1, 0.15) is 197 Å². The van der Waals surface area contributed by atoms with Crippen molar-refractivity contribution in [3.05, 3.63) is 148 Å². The van der Waals surface area contributed by atoms with Gasteiger partial charge < -0.3 is 14.7 Å². The first kappa shape index (κ1) is 51.3. The highest BCUT2D eigenvalue weighted by Gasteiger charge is 2.70. The number of benzene rings is 6. The molecule has 10 rings (SSSR count). The lowest BCUT2D eigenvalue weighted by atomic mass is 9.33. The van der Waals surface area contributed by atoms with E-state index in [2.05, 4.69) is 276 Å². The quantitative estimate of drug-likeness (QED) is 0.163. The smallest absolute Gasteiger partial charge is 0.252 e. The standard InChI is InChI=1S/C69H88BN3/c1-43-37-45(62(5,6)7)25-32-54(43)72-56-34-27-47(64(11,12)13)39-53(56)70-52-31-30-50(73-55-33-26-46(63(8,9)10)38-51(55)68(21)66(17,18)35-36-67(19,20)69(68,73)22)42-57(52)71(49-28-23-44(24-29-49)61(2,3)4)58-40-48(65(14,15)16)41-59(72)60(58)70/h23-34,37-42H,35-36H2,1-22H3. The van der Waals surface area contributed by atoms with E-state index in [0.717, 1.165) is 6.42 Å². The fourth-order valence-electron chi connectivity index (χ4n) is 13.9. The van der Waals surface area contributed by atoms with Crippen LogP contribution in [0.4, 0.5) is 45.5 Å². The summed E-state index contributed by atoms with van der Waals surface area (Å²) in [5.41, 5.74) is 23.4. The number of rotatable bonds is 3. The van der Waals surface area contributed by atoms with E-state index in [1.807, 2.05) is 0 Å². The van der Waals surface area contributed by atoms with Gasteiger partial charge in [-0.25, -0.2) is 0 Å². The lowest BCUT2D eigenvalue weighted by Crippen LogP contribution is -2.69. The molecule has 0 radical (unpaired) electrons. The molecule has 6 aromatic rings. The lowest BCUT2D eigenvalue weighted by molar-refractivity contribution is -0.0415. The summed E-state index contributed by atoms with van der Waals surface area (Å²) in [4.78, 5) is 8.14. The van der Waals surface area contributed by atoms with Crippen LogP contribution in [0.5, 0.6) is 0 Å². The Morgan fingerprint density at radius 3 is 1.40 bits per heavy atom. The predicted molar refractivity (Wildman–Crippen MR) is 320 cm³/mol. The molecule has 4 aliphatic rings. The van der Waals surface area contributed by atoms with Gasteiger partial charge in [-0.2, -0.15) is 0 Å². The number of hydrogen-bond donors (Lipinski definition) is 0. The molecule has 0 amide bonds. The zero-order chi connectivity index (χ0) is 53.3. The van der Waals surface area contributed by atoms with E-state index in [-0.39, 0.29) is 55.6 Å². The zero-order valence-corrected chi connectivity index (χ0v) is 49.2. The molecule has 3 nitrogen and oxygen atoms in total. The monoisotopic (exact) mass is 970 g/mol. The Kier molecular flexibility index (Phi) is 11.2. The molecule has 73 heavy (non-hydrogen) atoms. The molecule has 6 aromatic carbocycles. The summed E-state index contributed by atoms with van der Waals surface area (Å²) in [5.74, 6) is 0. The molecule has 382 valence electrons. The second-order valence-corrected chi connectivity index (χ2v) is 29.9. The third kappa shape index (κ3) is 7.54. The summed E-state index contributed by atoms with van der Waals surface area (Å²) >= 11 is 0. The van der Waals surface area contributed by atoms with E-state index in [9.17, 15) is 0 Å². The second kappa shape index (κ2) is 15.9. The highest BCUT2D eigenvalue weighted by atomic mass is 15.3. The van der Waals surface area contributed by atoms with E-state index >= 15 is 0 Å². The fourth-order valence-corrected chi connectivity index (χ4v) is 13.9.